The van der Waals surface area contributed by atoms with E-state index in [1.807, 2.05) is 0 Å². The summed E-state index contributed by atoms with van der Waals surface area (Å²) in [4.78, 5) is 0. The summed E-state index contributed by atoms with van der Waals surface area (Å²) < 4.78 is 0. The predicted octanol–water partition coefficient (Wildman–Crippen LogP) is 1.18. The van der Waals surface area contributed by atoms with Crippen molar-refractivity contribution in [2.24, 2.45) is 0 Å². The van der Waals surface area contributed by atoms with Crippen LogP contribution in [0.5, 0.6) is 5.75 Å². The second-order valence-electron chi connectivity index (χ2n) is 2.45. The molecule has 2 N–H and O–H groups in total. The van der Waals surface area contributed by atoms with Gasteiger partial charge in [-0.1, -0.05) is 12.1 Å². The minimum Gasteiger partial charge on any atom is -0.508 e. The molecular formula is C9H10N2O. The van der Waals surface area contributed by atoms with Crippen LogP contribution in [0.4, 0.5) is 0 Å². The van der Waals surface area contributed by atoms with Crippen LogP contribution in [-0.2, 0) is 0 Å². The van der Waals surface area contributed by atoms with E-state index in [4.69, 9.17) is 10.4 Å². The van der Waals surface area contributed by atoms with E-state index in [9.17, 15) is 0 Å². The average Bonchev–Trinajstić information content (AvgIpc) is 2.07. The molecule has 3 nitrogen and oxygen atoms in total. The number of phenols is 1. The molecule has 3 heteroatoms. The molecule has 0 fully saturated rings. The van der Waals surface area contributed by atoms with Gasteiger partial charge in [-0.05, 0) is 24.7 Å². The van der Waals surface area contributed by atoms with Gasteiger partial charge in [0.15, 0.2) is 0 Å². The van der Waals surface area contributed by atoms with E-state index < -0.39 is 0 Å². The van der Waals surface area contributed by atoms with Crippen LogP contribution in [0.3, 0.4) is 0 Å². The van der Waals surface area contributed by atoms with Crippen molar-refractivity contribution in [3.8, 4) is 11.8 Å². The first-order valence-electron chi connectivity index (χ1n) is 3.63. The molecule has 1 aromatic carbocycles. The number of hydrogen-bond donors (Lipinski definition) is 2. The van der Waals surface area contributed by atoms with Gasteiger partial charge in [0.05, 0.1) is 6.07 Å². The standard InChI is InChI=1S/C9H10N2O/c1-11-9(6-10)7-3-2-4-8(12)5-7/h2-5,9,11-12H,1H3/t9-/m0/s1. The van der Waals surface area contributed by atoms with Gasteiger partial charge in [0.1, 0.15) is 11.8 Å². The van der Waals surface area contributed by atoms with Crippen molar-refractivity contribution in [1.29, 1.82) is 5.26 Å². The molecule has 0 spiro atoms. The zero-order valence-corrected chi connectivity index (χ0v) is 6.78. The summed E-state index contributed by atoms with van der Waals surface area (Å²) in [7, 11) is 1.71. The lowest BCUT2D eigenvalue weighted by Crippen LogP contribution is -2.13. The molecule has 0 aliphatic rings. The van der Waals surface area contributed by atoms with Gasteiger partial charge < -0.3 is 10.4 Å². The third kappa shape index (κ3) is 1.74. The van der Waals surface area contributed by atoms with E-state index in [2.05, 4.69) is 11.4 Å². The molecule has 0 unspecified atom stereocenters. The lowest BCUT2D eigenvalue weighted by atomic mass is 10.1. The molecule has 0 aromatic heterocycles. The molecule has 12 heavy (non-hydrogen) atoms. The zero-order chi connectivity index (χ0) is 8.97. The van der Waals surface area contributed by atoms with E-state index in [1.165, 1.54) is 0 Å². The smallest absolute Gasteiger partial charge is 0.121 e. The summed E-state index contributed by atoms with van der Waals surface area (Å²) in [6.45, 7) is 0. The molecule has 0 radical (unpaired) electrons. The Morgan fingerprint density at radius 1 is 1.58 bits per heavy atom. The first kappa shape index (κ1) is 8.57. The number of benzene rings is 1. The van der Waals surface area contributed by atoms with Crippen LogP contribution in [0.15, 0.2) is 24.3 Å². The van der Waals surface area contributed by atoms with Crippen LogP contribution in [0.2, 0.25) is 0 Å². The highest BCUT2D eigenvalue weighted by atomic mass is 16.3. The lowest BCUT2D eigenvalue weighted by Gasteiger charge is -2.07. The van der Waals surface area contributed by atoms with Gasteiger partial charge in [0.25, 0.3) is 0 Å². The van der Waals surface area contributed by atoms with Crippen LogP contribution in [-0.4, -0.2) is 12.2 Å². The fraction of sp³-hybridized carbons (Fsp3) is 0.222. The molecule has 1 atom stereocenters. The third-order valence-electron chi connectivity index (χ3n) is 1.62. The second-order valence-corrected chi connectivity index (χ2v) is 2.45. The SMILES string of the molecule is CN[C@@H](C#N)c1cccc(O)c1. The second kappa shape index (κ2) is 3.74. The van der Waals surface area contributed by atoms with Crippen LogP contribution in [0.25, 0.3) is 0 Å². The number of rotatable bonds is 2. The van der Waals surface area contributed by atoms with Gasteiger partial charge in [0, 0.05) is 0 Å². The number of aromatic hydroxyl groups is 1. The lowest BCUT2D eigenvalue weighted by molar-refractivity contribution is 0.474. The highest BCUT2D eigenvalue weighted by Gasteiger charge is 2.06. The maximum absolute atomic E-state index is 9.12. The Bertz CT molecular complexity index is 304. The number of nitrogens with zero attached hydrogens (tertiary/aromatic N) is 1. The van der Waals surface area contributed by atoms with Gasteiger partial charge in [-0.3, -0.25) is 0 Å². The van der Waals surface area contributed by atoms with Crippen LogP contribution >= 0.6 is 0 Å². The van der Waals surface area contributed by atoms with Crippen molar-refractivity contribution < 1.29 is 5.11 Å². The molecule has 1 rings (SSSR count). The minimum absolute atomic E-state index is 0.183. The zero-order valence-electron chi connectivity index (χ0n) is 6.78. The number of hydrogen-bond acceptors (Lipinski definition) is 3. The number of phenolic OH excluding ortho intramolecular Hbond substituents is 1. The van der Waals surface area contributed by atoms with E-state index in [0.29, 0.717) is 0 Å². The summed E-state index contributed by atoms with van der Waals surface area (Å²) in [5.41, 5.74) is 0.778. The predicted molar refractivity (Wildman–Crippen MR) is 45.5 cm³/mol. The average molecular weight is 162 g/mol. The van der Waals surface area contributed by atoms with Crippen molar-refractivity contribution in [3.05, 3.63) is 29.8 Å². The molecule has 0 amide bonds. The van der Waals surface area contributed by atoms with E-state index in [-0.39, 0.29) is 11.8 Å². The van der Waals surface area contributed by atoms with E-state index >= 15 is 0 Å². The Morgan fingerprint density at radius 3 is 2.83 bits per heavy atom. The Balaban J connectivity index is 2.95. The van der Waals surface area contributed by atoms with Crippen LogP contribution < -0.4 is 5.32 Å². The van der Waals surface area contributed by atoms with Gasteiger partial charge in [0.2, 0.25) is 0 Å². The van der Waals surface area contributed by atoms with Crippen molar-refractivity contribution in [3.63, 3.8) is 0 Å². The van der Waals surface area contributed by atoms with Crippen molar-refractivity contribution >= 4 is 0 Å². The first-order chi connectivity index (χ1) is 5.77. The highest BCUT2D eigenvalue weighted by Crippen LogP contribution is 2.16. The van der Waals surface area contributed by atoms with Crippen LogP contribution in [0.1, 0.15) is 11.6 Å². The molecule has 62 valence electrons. The van der Waals surface area contributed by atoms with Crippen molar-refractivity contribution in [2.45, 2.75) is 6.04 Å². The number of nitriles is 1. The first-order valence-corrected chi connectivity index (χ1v) is 3.63. The van der Waals surface area contributed by atoms with Gasteiger partial charge >= 0.3 is 0 Å². The normalized spacial score (nSPS) is 12.0. The largest absolute Gasteiger partial charge is 0.508 e. The van der Waals surface area contributed by atoms with Crippen molar-refractivity contribution in [1.82, 2.24) is 5.32 Å². The molecule has 0 heterocycles. The Labute approximate surface area is 71.3 Å². The topological polar surface area (TPSA) is 56.0 Å². The fourth-order valence-corrected chi connectivity index (χ4v) is 1.01. The maximum Gasteiger partial charge on any atom is 0.121 e. The Morgan fingerprint density at radius 2 is 2.33 bits per heavy atom. The van der Waals surface area contributed by atoms with Crippen molar-refractivity contribution in [2.75, 3.05) is 7.05 Å². The molecule has 1 aromatic rings. The molecule has 0 bridgehead atoms. The molecular weight excluding hydrogens is 152 g/mol. The monoisotopic (exact) mass is 162 g/mol. The summed E-state index contributed by atoms with van der Waals surface area (Å²) in [6.07, 6.45) is 0. The maximum atomic E-state index is 9.12. The fourth-order valence-electron chi connectivity index (χ4n) is 1.01. The Hall–Kier alpha value is -1.53. The highest BCUT2D eigenvalue weighted by molar-refractivity contribution is 5.31. The quantitative estimate of drug-likeness (QED) is 0.686. The molecule has 0 saturated heterocycles. The minimum atomic E-state index is -0.350. The third-order valence-corrected chi connectivity index (χ3v) is 1.62. The van der Waals surface area contributed by atoms with Crippen LogP contribution in [0, 0.1) is 11.3 Å². The summed E-state index contributed by atoms with van der Waals surface area (Å²) in [5, 5.41) is 20.6. The molecule has 0 aliphatic carbocycles. The molecule has 0 saturated carbocycles. The van der Waals surface area contributed by atoms with Gasteiger partial charge in [-0.15, -0.1) is 0 Å². The summed E-state index contributed by atoms with van der Waals surface area (Å²) in [6, 6.07) is 8.38. The van der Waals surface area contributed by atoms with Gasteiger partial charge in [-0.2, -0.15) is 5.26 Å². The van der Waals surface area contributed by atoms with E-state index in [0.717, 1.165) is 5.56 Å². The summed E-state index contributed by atoms with van der Waals surface area (Å²) in [5.74, 6) is 0.183. The van der Waals surface area contributed by atoms with E-state index in [1.54, 1.807) is 31.3 Å². The Kier molecular flexibility index (Phi) is 2.67. The summed E-state index contributed by atoms with van der Waals surface area (Å²) >= 11 is 0. The number of nitrogens with one attached hydrogen (secondary N) is 1. The molecule has 0 aliphatic heterocycles. The van der Waals surface area contributed by atoms with Gasteiger partial charge in [-0.25, -0.2) is 0 Å².